The predicted octanol–water partition coefficient (Wildman–Crippen LogP) is 2.20. The van der Waals surface area contributed by atoms with Crippen LogP contribution in [0.5, 0.6) is 0 Å². The minimum atomic E-state index is 0.0865. The SMILES string of the molecule is CC(C)(C)[C@H]1CCc2nc(N=C(N)N)sc2C1. The van der Waals surface area contributed by atoms with Gasteiger partial charge in [0.25, 0.3) is 0 Å². The number of thiazole rings is 1. The Bertz CT molecular complexity index is 438. The van der Waals surface area contributed by atoms with Crippen molar-refractivity contribution >= 4 is 22.4 Å². The van der Waals surface area contributed by atoms with Gasteiger partial charge < -0.3 is 11.5 Å². The number of aliphatic imine (C=N–C) groups is 1. The van der Waals surface area contributed by atoms with Crippen LogP contribution in [0.1, 0.15) is 37.8 Å². The maximum absolute atomic E-state index is 5.37. The van der Waals surface area contributed by atoms with Crippen LogP contribution in [-0.4, -0.2) is 10.9 Å². The molecule has 94 valence electrons. The Labute approximate surface area is 106 Å². The molecular weight excluding hydrogens is 232 g/mol. The number of rotatable bonds is 1. The molecule has 1 aliphatic carbocycles. The fourth-order valence-corrected chi connectivity index (χ4v) is 3.34. The molecule has 1 aliphatic rings. The summed E-state index contributed by atoms with van der Waals surface area (Å²) in [6, 6.07) is 0. The van der Waals surface area contributed by atoms with Gasteiger partial charge in [-0.25, -0.2) is 4.98 Å². The Morgan fingerprint density at radius 2 is 2.12 bits per heavy atom. The summed E-state index contributed by atoms with van der Waals surface area (Å²) in [7, 11) is 0. The molecule has 5 heteroatoms. The van der Waals surface area contributed by atoms with Crippen LogP contribution in [0.3, 0.4) is 0 Å². The van der Waals surface area contributed by atoms with Gasteiger partial charge in [0.05, 0.1) is 5.69 Å². The van der Waals surface area contributed by atoms with Gasteiger partial charge in [0.2, 0.25) is 5.13 Å². The highest BCUT2D eigenvalue weighted by Crippen LogP contribution is 2.40. The van der Waals surface area contributed by atoms with E-state index in [9.17, 15) is 0 Å². The van der Waals surface area contributed by atoms with Crippen LogP contribution in [-0.2, 0) is 12.8 Å². The zero-order chi connectivity index (χ0) is 12.6. The molecule has 0 bridgehead atoms. The quantitative estimate of drug-likeness (QED) is 0.594. The number of fused-ring (bicyclic) bond motifs is 1. The first-order chi connectivity index (χ1) is 7.86. The summed E-state index contributed by atoms with van der Waals surface area (Å²) in [5.41, 5.74) is 12.3. The van der Waals surface area contributed by atoms with Gasteiger partial charge in [-0.15, -0.1) is 0 Å². The Hall–Kier alpha value is -1.10. The second kappa shape index (κ2) is 4.29. The summed E-state index contributed by atoms with van der Waals surface area (Å²) >= 11 is 1.62. The third kappa shape index (κ3) is 2.77. The number of hydrogen-bond acceptors (Lipinski definition) is 3. The van der Waals surface area contributed by atoms with Crippen molar-refractivity contribution in [3.8, 4) is 0 Å². The molecule has 4 nitrogen and oxygen atoms in total. The van der Waals surface area contributed by atoms with Crippen molar-refractivity contribution in [2.45, 2.75) is 40.0 Å². The molecule has 2 rings (SSSR count). The van der Waals surface area contributed by atoms with E-state index in [1.807, 2.05) is 0 Å². The Balaban J connectivity index is 2.21. The van der Waals surface area contributed by atoms with E-state index in [4.69, 9.17) is 11.5 Å². The van der Waals surface area contributed by atoms with Crippen LogP contribution < -0.4 is 11.5 Å². The second-order valence-corrected chi connectivity index (χ2v) is 6.77. The van der Waals surface area contributed by atoms with Gasteiger partial charge >= 0.3 is 0 Å². The first kappa shape index (κ1) is 12.4. The van der Waals surface area contributed by atoms with E-state index in [2.05, 4.69) is 30.7 Å². The topological polar surface area (TPSA) is 77.3 Å². The normalized spacial score (nSPS) is 19.8. The van der Waals surface area contributed by atoms with E-state index in [0.717, 1.165) is 18.8 Å². The van der Waals surface area contributed by atoms with Gasteiger partial charge in [-0.05, 0) is 30.6 Å². The predicted molar refractivity (Wildman–Crippen MR) is 72.6 cm³/mol. The number of guanidine groups is 1. The Kier molecular flexibility index (Phi) is 3.12. The molecule has 1 aromatic heterocycles. The molecule has 0 saturated carbocycles. The fraction of sp³-hybridized carbons (Fsp3) is 0.667. The van der Waals surface area contributed by atoms with Crippen molar-refractivity contribution in [3.05, 3.63) is 10.6 Å². The molecular formula is C12H20N4S. The summed E-state index contributed by atoms with van der Waals surface area (Å²) in [6.45, 7) is 6.92. The van der Waals surface area contributed by atoms with Crippen LogP contribution in [0.15, 0.2) is 4.99 Å². The first-order valence-electron chi connectivity index (χ1n) is 5.94. The first-order valence-corrected chi connectivity index (χ1v) is 6.76. The van der Waals surface area contributed by atoms with Crippen LogP contribution in [0.25, 0.3) is 0 Å². The number of nitrogens with zero attached hydrogens (tertiary/aromatic N) is 2. The van der Waals surface area contributed by atoms with E-state index in [1.165, 1.54) is 17.0 Å². The van der Waals surface area contributed by atoms with Gasteiger partial charge in [-0.1, -0.05) is 32.1 Å². The van der Waals surface area contributed by atoms with Crippen molar-refractivity contribution in [1.82, 2.24) is 4.98 Å². The van der Waals surface area contributed by atoms with Gasteiger partial charge in [-0.2, -0.15) is 4.99 Å². The summed E-state index contributed by atoms with van der Waals surface area (Å²) in [5, 5.41) is 0.699. The Morgan fingerprint density at radius 3 is 2.71 bits per heavy atom. The average Bonchev–Trinajstić information content (AvgIpc) is 2.55. The van der Waals surface area contributed by atoms with Crippen LogP contribution in [0, 0.1) is 11.3 Å². The third-order valence-electron chi connectivity index (χ3n) is 3.38. The minimum Gasteiger partial charge on any atom is -0.370 e. The lowest BCUT2D eigenvalue weighted by atomic mass is 9.73. The average molecular weight is 252 g/mol. The maximum atomic E-state index is 5.37. The van der Waals surface area contributed by atoms with Gasteiger partial charge in [0.15, 0.2) is 5.96 Å². The van der Waals surface area contributed by atoms with Gasteiger partial charge in [0, 0.05) is 4.88 Å². The molecule has 0 aliphatic heterocycles. The lowest BCUT2D eigenvalue weighted by Gasteiger charge is -2.33. The van der Waals surface area contributed by atoms with Crippen LogP contribution >= 0.6 is 11.3 Å². The minimum absolute atomic E-state index is 0.0865. The largest absolute Gasteiger partial charge is 0.370 e. The molecule has 17 heavy (non-hydrogen) atoms. The molecule has 0 aromatic carbocycles. The zero-order valence-corrected chi connectivity index (χ0v) is 11.5. The molecule has 0 amide bonds. The van der Waals surface area contributed by atoms with Gasteiger partial charge in [-0.3, -0.25) is 0 Å². The second-order valence-electron chi connectivity index (χ2n) is 5.71. The summed E-state index contributed by atoms with van der Waals surface area (Å²) < 4.78 is 0. The monoisotopic (exact) mass is 252 g/mol. The fourth-order valence-electron chi connectivity index (χ4n) is 2.26. The van der Waals surface area contributed by atoms with E-state index in [0.29, 0.717) is 10.5 Å². The lowest BCUT2D eigenvalue weighted by Crippen LogP contribution is -2.26. The summed E-state index contributed by atoms with van der Waals surface area (Å²) in [4.78, 5) is 9.87. The Morgan fingerprint density at radius 1 is 1.41 bits per heavy atom. The molecule has 1 aromatic rings. The molecule has 0 radical (unpaired) electrons. The smallest absolute Gasteiger partial charge is 0.212 e. The van der Waals surface area contributed by atoms with E-state index >= 15 is 0 Å². The highest BCUT2D eigenvalue weighted by molar-refractivity contribution is 7.15. The number of nitrogens with two attached hydrogens (primary N) is 2. The van der Waals surface area contributed by atoms with Crippen molar-refractivity contribution in [1.29, 1.82) is 0 Å². The maximum Gasteiger partial charge on any atom is 0.212 e. The highest BCUT2D eigenvalue weighted by Gasteiger charge is 2.30. The third-order valence-corrected chi connectivity index (χ3v) is 4.39. The number of aromatic nitrogens is 1. The van der Waals surface area contributed by atoms with E-state index < -0.39 is 0 Å². The lowest BCUT2D eigenvalue weighted by molar-refractivity contribution is 0.217. The zero-order valence-electron chi connectivity index (χ0n) is 10.7. The van der Waals surface area contributed by atoms with Crippen molar-refractivity contribution < 1.29 is 0 Å². The summed E-state index contributed by atoms with van der Waals surface area (Å²) in [6.07, 6.45) is 3.37. The van der Waals surface area contributed by atoms with Crippen LogP contribution in [0.4, 0.5) is 5.13 Å². The molecule has 0 saturated heterocycles. The molecule has 0 spiro atoms. The molecule has 1 atom stereocenters. The molecule has 0 fully saturated rings. The standard InChI is InChI=1S/C12H20N4S/c1-12(2,3)7-4-5-8-9(6-7)17-11(15-8)16-10(13)14/h7H,4-6H2,1-3H3,(H4,13,14,15,16)/t7-/m0/s1. The molecule has 0 unspecified atom stereocenters. The van der Waals surface area contributed by atoms with E-state index in [-0.39, 0.29) is 5.96 Å². The number of hydrogen-bond donors (Lipinski definition) is 2. The van der Waals surface area contributed by atoms with Crippen molar-refractivity contribution in [2.24, 2.45) is 27.8 Å². The molecule has 1 heterocycles. The highest BCUT2D eigenvalue weighted by atomic mass is 32.1. The summed E-state index contributed by atoms with van der Waals surface area (Å²) in [5.74, 6) is 0.811. The van der Waals surface area contributed by atoms with Crippen molar-refractivity contribution in [3.63, 3.8) is 0 Å². The van der Waals surface area contributed by atoms with Crippen molar-refractivity contribution in [2.75, 3.05) is 0 Å². The van der Waals surface area contributed by atoms with E-state index in [1.54, 1.807) is 11.3 Å². The van der Waals surface area contributed by atoms with Crippen LogP contribution in [0.2, 0.25) is 0 Å². The molecule has 4 N–H and O–H groups in total. The number of aryl methyl sites for hydroxylation is 1. The van der Waals surface area contributed by atoms with Gasteiger partial charge in [0.1, 0.15) is 0 Å².